The SMILES string of the molecule is CCCc1cc(C2(c3cc(CCC)c(OCCO)c(CCC)c3)c3ccccc3Cc3ccccc32)cc(CCC)c1OCCO. The minimum Gasteiger partial charge on any atom is -0.491 e. The summed E-state index contributed by atoms with van der Waals surface area (Å²) in [5.74, 6) is 1.89. The molecular formula is C42H52O4. The van der Waals surface area contributed by atoms with Gasteiger partial charge in [-0.05, 0) is 87.7 Å². The molecule has 0 radical (unpaired) electrons. The van der Waals surface area contributed by atoms with Crippen molar-refractivity contribution in [3.8, 4) is 11.5 Å². The topological polar surface area (TPSA) is 58.9 Å². The largest absolute Gasteiger partial charge is 0.491 e. The maximum absolute atomic E-state index is 9.70. The van der Waals surface area contributed by atoms with Crippen LogP contribution in [0.3, 0.4) is 0 Å². The monoisotopic (exact) mass is 620 g/mol. The van der Waals surface area contributed by atoms with E-state index in [0.717, 1.165) is 69.3 Å². The van der Waals surface area contributed by atoms with E-state index >= 15 is 0 Å². The van der Waals surface area contributed by atoms with Gasteiger partial charge in [0.2, 0.25) is 0 Å². The molecule has 0 unspecified atom stereocenters. The van der Waals surface area contributed by atoms with Crippen molar-refractivity contribution in [3.63, 3.8) is 0 Å². The Morgan fingerprint density at radius 3 is 1.22 bits per heavy atom. The van der Waals surface area contributed by atoms with Gasteiger partial charge in [0.15, 0.2) is 0 Å². The van der Waals surface area contributed by atoms with Crippen molar-refractivity contribution in [2.24, 2.45) is 0 Å². The Morgan fingerprint density at radius 1 is 0.543 bits per heavy atom. The van der Waals surface area contributed by atoms with E-state index in [0.29, 0.717) is 13.2 Å². The standard InChI is InChI=1S/C42H52O4/c1-5-13-32-26-36(27-33(14-6-2)40(32)45-23-21-43)42(38-19-11-9-17-30(38)25-31-18-10-12-20-39(31)42)37-28-34(15-7-3)41(46-24-22-44)35(29-37)16-8-4/h9-12,17-20,26-29,43-44H,5-8,13-16,21-25H2,1-4H3. The number of hydrogen-bond acceptors (Lipinski definition) is 4. The van der Waals surface area contributed by atoms with Crippen molar-refractivity contribution in [1.82, 2.24) is 0 Å². The first-order valence-electron chi connectivity index (χ1n) is 17.5. The van der Waals surface area contributed by atoms with Gasteiger partial charge in [-0.25, -0.2) is 0 Å². The van der Waals surface area contributed by atoms with Crippen LogP contribution in [0, 0.1) is 0 Å². The summed E-state index contributed by atoms with van der Waals surface area (Å²) in [5.41, 5.74) is 12.2. The molecule has 0 fully saturated rings. The summed E-state index contributed by atoms with van der Waals surface area (Å²) in [4.78, 5) is 0. The number of aliphatic hydroxyl groups excluding tert-OH is 2. The van der Waals surface area contributed by atoms with Crippen LogP contribution in [0.15, 0.2) is 72.8 Å². The van der Waals surface area contributed by atoms with E-state index < -0.39 is 5.41 Å². The molecule has 0 saturated heterocycles. The zero-order valence-corrected chi connectivity index (χ0v) is 28.3. The van der Waals surface area contributed by atoms with Crippen LogP contribution in [0.5, 0.6) is 11.5 Å². The maximum atomic E-state index is 9.70. The van der Waals surface area contributed by atoms with Crippen LogP contribution in [0.1, 0.15) is 109 Å². The van der Waals surface area contributed by atoms with E-state index in [1.807, 2.05) is 0 Å². The highest BCUT2D eigenvalue weighted by Crippen LogP contribution is 2.53. The first-order chi connectivity index (χ1) is 22.6. The van der Waals surface area contributed by atoms with Gasteiger partial charge in [0.1, 0.15) is 24.7 Å². The van der Waals surface area contributed by atoms with E-state index in [9.17, 15) is 10.2 Å². The third-order valence-corrected chi connectivity index (χ3v) is 9.33. The molecule has 46 heavy (non-hydrogen) atoms. The summed E-state index contributed by atoms with van der Waals surface area (Å²) in [6, 6.07) is 27.6. The van der Waals surface area contributed by atoms with Gasteiger partial charge in [0.05, 0.1) is 18.6 Å². The van der Waals surface area contributed by atoms with Crippen LogP contribution in [0.4, 0.5) is 0 Å². The number of rotatable bonds is 16. The van der Waals surface area contributed by atoms with Crippen LogP contribution in [-0.2, 0) is 37.5 Å². The van der Waals surface area contributed by atoms with Crippen molar-refractivity contribution in [2.45, 2.75) is 90.9 Å². The second-order valence-corrected chi connectivity index (χ2v) is 12.6. The summed E-state index contributed by atoms with van der Waals surface area (Å²) in [5, 5.41) is 19.4. The van der Waals surface area contributed by atoms with E-state index in [1.54, 1.807) is 0 Å². The second-order valence-electron chi connectivity index (χ2n) is 12.6. The lowest BCUT2D eigenvalue weighted by Crippen LogP contribution is -2.36. The Morgan fingerprint density at radius 2 is 0.891 bits per heavy atom. The normalized spacial score (nSPS) is 13.3. The third kappa shape index (κ3) is 6.48. The third-order valence-electron chi connectivity index (χ3n) is 9.33. The van der Waals surface area contributed by atoms with Gasteiger partial charge in [-0.3, -0.25) is 0 Å². The van der Waals surface area contributed by atoms with Crippen molar-refractivity contribution >= 4 is 0 Å². The summed E-state index contributed by atoms with van der Waals surface area (Å²) < 4.78 is 12.6. The van der Waals surface area contributed by atoms with E-state index in [-0.39, 0.29) is 13.2 Å². The molecule has 2 N–H and O–H groups in total. The molecule has 0 heterocycles. The lowest BCUT2D eigenvalue weighted by atomic mass is 9.59. The molecule has 0 bridgehead atoms. The van der Waals surface area contributed by atoms with Crippen molar-refractivity contribution < 1.29 is 19.7 Å². The molecule has 1 aliphatic rings. The number of ether oxygens (including phenoxy) is 2. The smallest absolute Gasteiger partial charge is 0.125 e. The van der Waals surface area contributed by atoms with Crippen molar-refractivity contribution in [2.75, 3.05) is 26.4 Å². The fraction of sp³-hybridized carbons (Fsp3) is 0.429. The quantitative estimate of drug-likeness (QED) is 0.116. The van der Waals surface area contributed by atoms with Crippen molar-refractivity contribution in [1.29, 1.82) is 0 Å². The lowest BCUT2D eigenvalue weighted by molar-refractivity contribution is 0.199. The highest BCUT2D eigenvalue weighted by Gasteiger charge is 2.45. The van der Waals surface area contributed by atoms with E-state index in [2.05, 4.69) is 100 Å². The predicted molar refractivity (Wildman–Crippen MR) is 189 cm³/mol. The Hall–Kier alpha value is -3.60. The number of benzene rings is 4. The Labute approximate surface area is 276 Å². The van der Waals surface area contributed by atoms with Gasteiger partial charge >= 0.3 is 0 Å². The molecule has 0 aromatic heterocycles. The minimum absolute atomic E-state index is 0.00528. The van der Waals surface area contributed by atoms with Gasteiger partial charge in [0.25, 0.3) is 0 Å². The van der Waals surface area contributed by atoms with Gasteiger partial charge in [-0.1, -0.05) is 126 Å². The molecule has 0 amide bonds. The zero-order chi connectivity index (χ0) is 32.5. The Bertz CT molecular complexity index is 1430. The fourth-order valence-electron chi connectivity index (χ4n) is 7.65. The molecule has 0 atom stereocenters. The molecule has 4 aromatic carbocycles. The van der Waals surface area contributed by atoms with Gasteiger partial charge in [-0.2, -0.15) is 0 Å². The number of fused-ring (bicyclic) bond motifs is 2. The molecule has 4 nitrogen and oxygen atoms in total. The second kappa shape index (κ2) is 15.8. The average molecular weight is 621 g/mol. The van der Waals surface area contributed by atoms with Crippen LogP contribution in [0.25, 0.3) is 0 Å². The summed E-state index contributed by atoms with van der Waals surface area (Å²) in [6.45, 7) is 9.47. The highest BCUT2D eigenvalue weighted by atomic mass is 16.5. The molecule has 4 aromatic rings. The number of hydrogen-bond donors (Lipinski definition) is 2. The van der Waals surface area contributed by atoms with Gasteiger partial charge < -0.3 is 19.7 Å². The molecule has 244 valence electrons. The molecule has 0 spiro atoms. The molecular weight excluding hydrogens is 568 g/mol. The number of aliphatic hydroxyl groups is 2. The first kappa shape index (κ1) is 33.8. The number of aryl methyl sites for hydroxylation is 4. The summed E-state index contributed by atoms with van der Waals surface area (Å²) >= 11 is 0. The van der Waals surface area contributed by atoms with Crippen LogP contribution < -0.4 is 9.47 Å². The first-order valence-corrected chi connectivity index (χ1v) is 17.5. The zero-order valence-electron chi connectivity index (χ0n) is 28.3. The van der Waals surface area contributed by atoms with Crippen molar-refractivity contribution in [3.05, 3.63) is 128 Å². The van der Waals surface area contributed by atoms with Crippen LogP contribution in [-0.4, -0.2) is 36.6 Å². The van der Waals surface area contributed by atoms with E-state index in [1.165, 1.54) is 55.6 Å². The van der Waals surface area contributed by atoms with Crippen LogP contribution >= 0.6 is 0 Å². The fourth-order valence-corrected chi connectivity index (χ4v) is 7.65. The van der Waals surface area contributed by atoms with Gasteiger partial charge in [-0.15, -0.1) is 0 Å². The lowest BCUT2D eigenvalue weighted by Gasteiger charge is -2.43. The predicted octanol–water partition coefficient (Wildman–Crippen LogP) is 8.53. The molecule has 5 rings (SSSR count). The average Bonchev–Trinajstić information content (AvgIpc) is 3.07. The minimum atomic E-state index is -0.549. The summed E-state index contributed by atoms with van der Waals surface area (Å²) in [6.07, 6.45) is 8.53. The molecule has 4 heteroatoms. The Kier molecular flexibility index (Phi) is 11.6. The molecule has 0 saturated carbocycles. The molecule has 1 aliphatic carbocycles. The molecule has 0 aliphatic heterocycles. The van der Waals surface area contributed by atoms with E-state index in [4.69, 9.17) is 9.47 Å². The summed E-state index contributed by atoms with van der Waals surface area (Å²) in [7, 11) is 0. The maximum Gasteiger partial charge on any atom is 0.125 e. The Balaban J connectivity index is 1.94. The van der Waals surface area contributed by atoms with Crippen LogP contribution in [0.2, 0.25) is 0 Å². The van der Waals surface area contributed by atoms with Gasteiger partial charge in [0, 0.05) is 0 Å². The highest BCUT2D eigenvalue weighted by molar-refractivity contribution is 5.69.